The highest BCUT2D eigenvalue weighted by molar-refractivity contribution is 5.99. The maximum atomic E-state index is 12.0. The van der Waals surface area contributed by atoms with E-state index in [1.54, 1.807) is 6.92 Å². The fourth-order valence-electron chi connectivity index (χ4n) is 1.69. The average Bonchev–Trinajstić information content (AvgIpc) is 2.31. The number of carbonyl (C=O) groups is 2. The van der Waals surface area contributed by atoms with Gasteiger partial charge in [-0.15, -0.1) is 0 Å². The van der Waals surface area contributed by atoms with E-state index in [-0.39, 0.29) is 12.2 Å². The number of ketones is 1. The first kappa shape index (κ1) is 13.4. The molecule has 0 saturated heterocycles. The molecule has 0 aliphatic heterocycles. The largest absolute Gasteiger partial charge is 0.465 e. The third-order valence-corrected chi connectivity index (χ3v) is 2.59. The van der Waals surface area contributed by atoms with Gasteiger partial charge in [0.15, 0.2) is 5.78 Å². The topological polar surface area (TPSA) is 43.4 Å². The van der Waals surface area contributed by atoms with Crippen LogP contribution in [0, 0.1) is 5.92 Å². The molecule has 0 fully saturated rings. The van der Waals surface area contributed by atoms with Gasteiger partial charge in [0.25, 0.3) is 0 Å². The summed E-state index contributed by atoms with van der Waals surface area (Å²) in [6, 6.07) is 9.43. The first-order valence-electron chi connectivity index (χ1n) is 5.92. The zero-order valence-corrected chi connectivity index (χ0v) is 10.3. The van der Waals surface area contributed by atoms with Gasteiger partial charge in [-0.2, -0.15) is 0 Å². The molecule has 0 aromatic heterocycles. The zero-order chi connectivity index (χ0) is 12.7. The third kappa shape index (κ3) is 4.02. The van der Waals surface area contributed by atoms with E-state index in [0.29, 0.717) is 13.0 Å². The zero-order valence-electron chi connectivity index (χ0n) is 10.3. The van der Waals surface area contributed by atoms with Gasteiger partial charge in [-0.1, -0.05) is 37.3 Å². The maximum Gasteiger partial charge on any atom is 0.316 e. The Morgan fingerprint density at radius 3 is 2.35 bits per heavy atom. The van der Waals surface area contributed by atoms with Gasteiger partial charge in [-0.05, 0) is 18.9 Å². The molecule has 3 heteroatoms. The molecule has 1 aromatic rings. The summed E-state index contributed by atoms with van der Waals surface area (Å²) in [5, 5.41) is 0. The normalized spacial score (nSPS) is 11.9. The SMILES string of the molecule is CCOC(=O)C(CC)C(=O)Cc1ccccc1. The number of benzene rings is 1. The van der Waals surface area contributed by atoms with Gasteiger partial charge in [0.2, 0.25) is 0 Å². The van der Waals surface area contributed by atoms with E-state index in [0.717, 1.165) is 5.56 Å². The summed E-state index contributed by atoms with van der Waals surface area (Å²) in [5.74, 6) is -1.11. The van der Waals surface area contributed by atoms with Crippen molar-refractivity contribution in [1.29, 1.82) is 0 Å². The van der Waals surface area contributed by atoms with Crippen LogP contribution in [0.4, 0.5) is 0 Å². The third-order valence-electron chi connectivity index (χ3n) is 2.59. The molecule has 3 nitrogen and oxygen atoms in total. The smallest absolute Gasteiger partial charge is 0.316 e. The molecule has 1 aromatic carbocycles. The van der Waals surface area contributed by atoms with Crippen molar-refractivity contribution in [2.75, 3.05) is 6.61 Å². The molecule has 0 spiro atoms. The number of rotatable bonds is 6. The lowest BCUT2D eigenvalue weighted by Gasteiger charge is -2.12. The Balaban J connectivity index is 2.64. The van der Waals surface area contributed by atoms with Crippen LogP contribution in [-0.2, 0) is 20.7 Å². The van der Waals surface area contributed by atoms with Crippen LogP contribution in [0.2, 0.25) is 0 Å². The summed E-state index contributed by atoms with van der Waals surface area (Å²) in [7, 11) is 0. The number of hydrogen-bond donors (Lipinski definition) is 0. The molecule has 0 bridgehead atoms. The molecule has 0 saturated carbocycles. The molecule has 1 rings (SSSR count). The van der Waals surface area contributed by atoms with E-state index in [2.05, 4.69) is 0 Å². The van der Waals surface area contributed by atoms with Crippen molar-refractivity contribution < 1.29 is 14.3 Å². The fourth-order valence-corrected chi connectivity index (χ4v) is 1.69. The molecular weight excluding hydrogens is 216 g/mol. The van der Waals surface area contributed by atoms with Crippen molar-refractivity contribution in [1.82, 2.24) is 0 Å². The van der Waals surface area contributed by atoms with Gasteiger partial charge < -0.3 is 4.74 Å². The minimum atomic E-state index is -0.629. The van der Waals surface area contributed by atoms with Crippen molar-refractivity contribution in [2.24, 2.45) is 5.92 Å². The van der Waals surface area contributed by atoms with Crippen LogP contribution in [0.1, 0.15) is 25.8 Å². The molecule has 0 aliphatic carbocycles. The number of esters is 1. The molecule has 0 aliphatic rings. The monoisotopic (exact) mass is 234 g/mol. The van der Waals surface area contributed by atoms with Gasteiger partial charge in [0.05, 0.1) is 6.61 Å². The second-order valence-corrected chi connectivity index (χ2v) is 3.84. The summed E-state index contributed by atoms with van der Waals surface area (Å²) in [6.45, 7) is 3.88. The van der Waals surface area contributed by atoms with Crippen LogP contribution < -0.4 is 0 Å². The quantitative estimate of drug-likeness (QED) is 0.560. The highest BCUT2D eigenvalue weighted by Crippen LogP contribution is 2.11. The highest BCUT2D eigenvalue weighted by atomic mass is 16.5. The summed E-state index contributed by atoms with van der Waals surface area (Å²) < 4.78 is 4.89. The standard InChI is InChI=1S/C14H18O3/c1-3-12(14(16)17-4-2)13(15)10-11-8-6-5-7-9-11/h5-9,12H,3-4,10H2,1-2H3. The fraction of sp³-hybridized carbons (Fsp3) is 0.429. The number of hydrogen-bond acceptors (Lipinski definition) is 3. The molecule has 0 radical (unpaired) electrons. The second kappa shape index (κ2) is 6.84. The minimum absolute atomic E-state index is 0.0721. The van der Waals surface area contributed by atoms with E-state index >= 15 is 0 Å². The van der Waals surface area contributed by atoms with E-state index in [1.165, 1.54) is 0 Å². The molecular formula is C14H18O3. The first-order chi connectivity index (χ1) is 8.19. The Morgan fingerprint density at radius 2 is 1.82 bits per heavy atom. The summed E-state index contributed by atoms with van der Waals surface area (Å²) in [6.07, 6.45) is 0.780. The molecule has 0 heterocycles. The maximum absolute atomic E-state index is 12.0. The predicted octanol–water partition coefficient (Wildman–Crippen LogP) is 2.39. The molecule has 0 N–H and O–H groups in total. The summed E-state index contributed by atoms with van der Waals surface area (Å²) >= 11 is 0. The van der Waals surface area contributed by atoms with Crippen LogP contribution in [-0.4, -0.2) is 18.4 Å². The second-order valence-electron chi connectivity index (χ2n) is 3.84. The number of ether oxygens (including phenoxy) is 1. The predicted molar refractivity (Wildman–Crippen MR) is 65.6 cm³/mol. The molecule has 1 unspecified atom stereocenters. The Kier molecular flexibility index (Phi) is 5.40. The van der Waals surface area contributed by atoms with Crippen molar-refractivity contribution in [3.63, 3.8) is 0 Å². The minimum Gasteiger partial charge on any atom is -0.465 e. The molecule has 92 valence electrons. The lowest BCUT2D eigenvalue weighted by Crippen LogP contribution is -2.26. The number of Topliss-reactive ketones (excluding diaryl/α,β-unsaturated/α-hetero) is 1. The first-order valence-corrected chi connectivity index (χ1v) is 5.92. The Labute approximate surface area is 102 Å². The summed E-state index contributed by atoms with van der Waals surface area (Å²) in [4.78, 5) is 23.5. The lowest BCUT2D eigenvalue weighted by molar-refractivity contribution is -0.151. The number of carbonyl (C=O) groups excluding carboxylic acids is 2. The van der Waals surface area contributed by atoms with Gasteiger partial charge >= 0.3 is 5.97 Å². The van der Waals surface area contributed by atoms with Gasteiger partial charge in [0, 0.05) is 6.42 Å². The Morgan fingerprint density at radius 1 is 1.18 bits per heavy atom. The van der Waals surface area contributed by atoms with Crippen LogP contribution in [0.5, 0.6) is 0 Å². The van der Waals surface area contributed by atoms with E-state index in [4.69, 9.17) is 4.74 Å². The van der Waals surface area contributed by atoms with E-state index < -0.39 is 11.9 Å². The Bertz CT molecular complexity index is 370. The molecule has 17 heavy (non-hydrogen) atoms. The van der Waals surface area contributed by atoms with E-state index in [1.807, 2.05) is 37.3 Å². The van der Waals surface area contributed by atoms with Gasteiger partial charge in [-0.3, -0.25) is 9.59 Å². The van der Waals surface area contributed by atoms with Crippen LogP contribution >= 0.6 is 0 Å². The van der Waals surface area contributed by atoms with Gasteiger partial charge in [0.1, 0.15) is 5.92 Å². The summed E-state index contributed by atoms with van der Waals surface area (Å²) in [5.41, 5.74) is 0.931. The van der Waals surface area contributed by atoms with Gasteiger partial charge in [-0.25, -0.2) is 0 Å². The van der Waals surface area contributed by atoms with Crippen LogP contribution in [0.15, 0.2) is 30.3 Å². The highest BCUT2D eigenvalue weighted by Gasteiger charge is 2.25. The lowest BCUT2D eigenvalue weighted by atomic mass is 9.96. The van der Waals surface area contributed by atoms with Crippen molar-refractivity contribution in [3.8, 4) is 0 Å². The average molecular weight is 234 g/mol. The van der Waals surface area contributed by atoms with Crippen molar-refractivity contribution in [3.05, 3.63) is 35.9 Å². The Hall–Kier alpha value is -1.64. The molecule has 1 atom stereocenters. The van der Waals surface area contributed by atoms with Crippen LogP contribution in [0.3, 0.4) is 0 Å². The van der Waals surface area contributed by atoms with Crippen molar-refractivity contribution >= 4 is 11.8 Å². The van der Waals surface area contributed by atoms with Crippen molar-refractivity contribution in [2.45, 2.75) is 26.7 Å². The molecule has 0 amide bonds. The van der Waals surface area contributed by atoms with Crippen LogP contribution in [0.25, 0.3) is 0 Å². The van der Waals surface area contributed by atoms with E-state index in [9.17, 15) is 9.59 Å².